The van der Waals surface area contributed by atoms with Crippen LogP contribution in [-0.4, -0.2) is 0 Å². The van der Waals surface area contributed by atoms with Crippen molar-refractivity contribution in [3.8, 4) is 0 Å². The Labute approximate surface area is 65.0 Å². The fraction of sp³-hybridized carbons (Fsp3) is 0.900. The van der Waals surface area contributed by atoms with Crippen LogP contribution in [0.1, 0.15) is 46.5 Å². The van der Waals surface area contributed by atoms with E-state index in [0.717, 1.165) is 5.92 Å². The van der Waals surface area contributed by atoms with Crippen molar-refractivity contribution in [1.82, 2.24) is 0 Å². The molecule has 1 radical (unpaired) electrons. The van der Waals surface area contributed by atoms with Gasteiger partial charge in [-0.25, -0.2) is 0 Å². The number of hydrogen-bond acceptors (Lipinski definition) is 0. The standard InChI is InChI=1S/C10H19/c1-4-10(3)8-6-5-7-9(10)2/h4,9H,5-8H2,1-3H3. The second kappa shape index (κ2) is 2.94. The van der Waals surface area contributed by atoms with E-state index in [-0.39, 0.29) is 0 Å². The van der Waals surface area contributed by atoms with Crippen LogP contribution in [0.3, 0.4) is 0 Å². The Morgan fingerprint density at radius 1 is 1.40 bits per heavy atom. The third-order valence-electron chi connectivity index (χ3n) is 3.39. The first kappa shape index (κ1) is 8.10. The zero-order chi connectivity index (χ0) is 7.61. The zero-order valence-electron chi connectivity index (χ0n) is 7.48. The zero-order valence-corrected chi connectivity index (χ0v) is 7.48. The molecule has 1 aliphatic rings. The second-order valence-corrected chi connectivity index (χ2v) is 3.94. The molecule has 0 aromatic rings. The molecule has 1 rings (SSSR count). The van der Waals surface area contributed by atoms with Gasteiger partial charge < -0.3 is 0 Å². The summed E-state index contributed by atoms with van der Waals surface area (Å²) in [7, 11) is 0. The summed E-state index contributed by atoms with van der Waals surface area (Å²) in [4.78, 5) is 0. The Kier molecular flexibility index (Phi) is 2.38. The largest absolute Gasteiger partial charge is 0.0620 e. The van der Waals surface area contributed by atoms with E-state index in [1.54, 1.807) is 0 Å². The van der Waals surface area contributed by atoms with Gasteiger partial charge in [0, 0.05) is 0 Å². The first-order valence-electron chi connectivity index (χ1n) is 4.49. The van der Waals surface area contributed by atoms with Crippen molar-refractivity contribution in [3.05, 3.63) is 6.42 Å². The lowest BCUT2D eigenvalue weighted by Gasteiger charge is -2.38. The normalized spacial score (nSPS) is 41.7. The molecular weight excluding hydrogens is 120 g/mol. The third-order valence-corrected chi connectivity index (χ3v) is 3.39. The van der Waals surface area contributed by atoms with E-state index in [1.165, 1.54) is 25.7 Å². The molecule has 0 saturated heterocycles. The molecule has 0 nitrogen and oxygen atoms in total. The Bertz CT molecular complexity index is 107. The number of rotatable bonds is 1. The van der Waals surface area contributed by atoms with Crippen LogP contribution in [-0.2, 0) is 0 Å². The van der Waals surface area contributed by atoms with Gasteiger partial charge in [0.1, 0.15) is 0 Å². The lowest BCUT2D eigenvalue weighted by molar-refractivity contribution is 0.170. The van der Waals surface area contributed by atoms with Crippen LogP contribution in [0.2, 0.25) is 0 Å². The molecule has 2 unspecified atom stereocenters. The maximum atomic E-state index is 2.40. The van der Waals surface area contributed by atoms with Gasteiger partial charge in [0.25, 0.3) is 0 Å². The van der Waals surface area contributed by atoms with E-state index in [4.69, 9.17) is 0 Å². The minimum Gasteiger partial charge on any atom is -0.0620 e. The molecule has 0 heteroatoms. The predicted octanol–water partition coefficient (Wildman–Crippen LogP) is 3.43. The SMILES string of the molecule is C[CH]C1(C)CCCCC1C. The highest BCUT2D eigenvalue weighted by molar-refractivity contribution is 4.92. The van der Waals surface area contributed by atoms with E-state index in [1.807, 2.05) is 0 Å². The lowest BCUT2D eigenvalue weighted by Crippen LogP contribution is -2.28. The molecule has 0 spiro atoms. The van der Waals surface area contributed by atoms with Gasteiger partial charge in [-0.2, -0.15) is 0 Å². The van der Waals surface area contributed by atoms with E-state index >= 15 is 0 Å². The van der Waals surface area contributed by atoms with Crippen LogP contribution in [0.4, 0.5) is 0 Å². The molecule has 0 aliphatic heterocycles. The molecule has 0 aromatic heterocycles. The average Bonchev–Trinajstić information content (AvgIpc) is 1.96. The van der Waals surface area contributed by atoms with Gasteiger partial charge in [0.2, 0.25) is 0 Å². The van der Waals surface area contributed by atoms with Crippen LogP contribution < -0.4 is 0 Å². The summed E-state index contributed by atoms with van der Waals surface area (Å²) in [5.74, 6) is 0.909. The third kappa shape index (κ3) is 1.36. The second-order valence-electron chi connectivity index (χ2n) is 3.94. The molecule has 0 heterocycles. The van der Waals surface area contributed by atoms with Crippen molar-refractivity contribution in [2.24, 2.45) is 11.3 Å². The van der Waals surface area contributed by atoms with Crippen LogP contribution in [0.5, 0.6) is 0 Å². The Balaban J connectivity index is 2.54. The monoisotopic (exact) mass is 139 g/mol. The Morgan fingerprint density at radius 3 is 2.50 bits per heavy atom. The molecule has 1 saturated carbocycles. The minimum atomic E-state index is 0.554. The molecule has 1 fully saturated rings. The van der Waals surface area contributed by atoms with Crippen molar-refractivity contribution in [2.45, 2.75) is 46.5 Å². The summed E-state index contributed by atoms with van der Waals surface area (Å²) < 4.78 is 0. The molecule has 0 aromatic carbocycles. The summed E-state index contributed by atoms with van der Waals surface area (Å²) in [5.41, 5.74) is 0.554. The highest BCUT2D eigenvalue weighted by atomic mass is 14.4. The molecule has 2 atom stereocenters. The first-order chi connectivity index (χ1) is 4.69. The molecule has 0 bridgehead atoms. The van der Waals surface area contributed by atoms with E-state index in [0.29, 0.717) is 5.41 Å². The topological polar surface area (TPSA) is 0 Å². The molecule has 59 valence electrons. The van der Waals surface area contributed by atoms with E-state index < -0.39 is 0 Å². The van der Waals surface area contributed by atoms with E-state index in [9.17, 15) is 0 Å². The summed E-state index contributed by atoms with van der Waals surface area (Å²) in [5, 5.41) is 0. The average molecular weight is 139 g/mol. The van der Waals surface area contributed by atoms with Crippen molar-refractivity contribution in [2.75, 3.05) is 0 Å². The molecule has 0 amide bonds. The van der Waals surface area contributed by atoms with Crippen LogP contribution in [0, 0.1) is 17.8 Å². The van der Waals surface area contributed by atoms with Crippen molar-refractivity contribution >= 4 is 0 Å². The Hall–Kier alpha value is 0. The van der Waals surface area contributed by atoms with Gasteiger partial charge in [-0.1, -0.05) is 40.0 Å². The number of hydrogen-bond donors (Lipinski definition) is 0. The van der Waals surface area contributed by atoms with E-state index in [2.05, 4.69) is 27.2 Å². The van der Waals surface area contributed by atoms with Crippen LogP contribution in [0.15, 0.2) is 0 Å². The van der Waals surface area contributed by atoms with Crippen LogP contribution in [0.25, 0.3) is 0 Å². The Morgan fingerprint density at radius 2 is 2.10 bits per heavy atom. The van der Waals surface area contributed by atoms with Gasteiger partial charge in [0.15, 0.2) is 0 Å². The maximum absolute atomic E-state index is 2.40. The maximum Gasteiger partial charge on any atom is -0.0272 e. The van der Waals surface area contributed by atoms with Crippen molar-refractivity contribution in [1.29, 1.82) is 0 Å². The molecule has 10 heavy (non-hydrogen) atoms. The fourth-order valence-electron chi connectivity index (χ4n) is 1.96. The first-order valence-corrected chi connectivity index (χ1v) is 4.49. The van der Waals surface area contributed by atoms with Gasteiger partial charge in [0.05, 0.1) is 0 Å². The lowest BCUT2D eigenvalue weighted by atomic mass is 9.67. The fourth-order valence-corrected chi connectivity index (χ4v) is 1.96. The summed E-state index contributed by atoms with van der Waals surface area (Å²) in [6, 6.07) is 0. The quantitative estimate of drug-likeness (QED) is 0.522. The molecule has 0 N–H and O–H groups in total. The smallest absolute Gasteiger partial charge is 0.0272 e. The van der Waals surface area contributed by atoms with Crippen molar-refractivity contribution in [3.63, 3.8) is 0 Å². The minimum absolute atomic E-state index is 0.554. The highest BCUT2D eigenvalue weighted by Gasteiger charge is 2.31. The van der Waals surface area contributed by atoms with Crippen LogP contribution >= 0.6 is 0 Å². The van der Waals surface area contributed by atoms with Gasteiger partial charge in [-0.05, 0) is 24.2 Å². The summed E-state index contributed by atoms with van der Waals surface area (Å²) in [6.07, 6.45) is 8.12. The van der Waals surface area contributed by atoms with Gasteiger partial charge in [-0.3, -0.25) is 0 Å². The molecular formula is C10H19. The molecule has 1 aliphatic carbocycles. The predicted molar refractivity (Wildman–Crippen MR) is 45.7 cm³/mol. The van der Waals surface area contributed by atoms with Crippen molar-refractivity contribution < 1.29 is 0 Å². The summed E-state index contributed by atoms with van der Waals surface area (Å²) >= 11 is 0. The van der Waals surface area contributed by atoms with Gasteiger partial charge in [-0.15, -0.1) is 0 Å². The van der Waals surface area contributed by atoms with Gasteiger partial charge >= 0.3 is 0 Å². The highest BCUT2D eigenvalue weighted by Crippen LogP contribution is 2.42. The summed E-state index contributed by atoms with van der Waals surface area (Å²) in [6.45, 7) is 7.00.